The van der Waals surface area contributed by atoms with Crippen LogP contribution in [0.1, 0.15) is 39.8 Å². The zero-order valence-electron chi connectivity index (χ0n) is 13.8. The maximum atomic E-state index is 6.23. The van der Waals surface area contributed by atoms with Crippen LogP contribution in [0.5, 0.6) is 0 Å². The first kappa shape index (κ1) is 15.0. The van der Waals surface area contributed by atoms with E-state index >= 15 is 0 Å². The Hall–Kier alpha value is -1.94. The van der Waals surface area contributed by atoms with Gasteiger partial charge in [0.2, 0.25) is 0 Å². The van der Waals surface area contributed by atoms with Crippen molar-refractivity contribution in [2.75, 3.05) is 0 Å². The third-order valence-corrected chi connectivity index (χ3v) is 4.67. The van der Waals surface area contributed by atoms with Crippen molar-refractivity contribution in [3.8, 4) is 0 Å². The summed E-state index contributed by atoms with van der Waals surface area (Å²) < 4.78 is 2.24. The number of hydrogen-bond acceptors (Lipinski definition) is 3. The summed E-state index contributed by atoms with van der Waals surface area (Å²) >= 11 is 0. The molecule has 0 aliphatic carbocycles. The number of hydrogen-bond donors (Lipinski definition) is 1. The number of aryl methyl sites for hydroxylation is 1. The Labute approximate surface area is 131 Å². The lowest BCUT2D eigenvalue weighted by atomic mass is 9.81. The topological polar surface area (TPSA) is 56.7 Å². The van der Waals surface area contributed by atoms with Crippen LogP contribution in [-0.2, 0) is 12.0 Å². The van der Waals surface area contributed by atoms with E-state index in [1.807, 2.05) is 19.3 Å². The Morgan fingerprint density at radius 2 is 2.00 bits per heavy atom. The maximum Gasteiger partial charge on any atom is 0.111 e. The van der Waals surface area contributed by atoms with Gasteiger partial charge in [0.05, 0.1) is 23.1 Å². The molecule has 3 aromatic rings. The van der Waals surface area contributed by atoms with Crippen LogP contribution >= 0.6 is 0 Å². The quantitative estimate of drug-likeness (QED) is 0.800. The lowest BCUT2D eigenvalue weighted by molar-refractivity contribution is 0.427. The van der Waals surface area contributed by atoms with Crippen LogP contribution in [0, 0.1) is 0 Å². The third kappa shape index (κ3) is 2.18. The van der Waals surface area contributed by atoms with Gasteiger partial charge in [0.15, 0.2) is 0 Å². The van der Waals surface area contributed by atoms with Crippen molar-refractivity contribution < 1.29 is 0 Å². The Morgan fingerprint density at radius 3 is 2.68 bits per heavy atom. The fourth-order valence-electron chi connectivity index (χ4n) is 2.86. The molecule has 0 spiro atoms. The SMILES string of the molecule is CCCn1cnc2c(C(C)(C)C(C)N)nc3ccccc3c21. The second-order valence-corrected chi connectivity index (χ2v) is 6.62. The van der Waals surface area contributed by atoms with E-state index in [4.69, 9.17) is 10.7 Å². The number of nitrogens with two attached hydrogens (primary N) is 1. The van der Waals surface area contributed by atoms with Crippen molar-refractivity contribution in [2.45, 2.75) is 52.1 Å². The molecule has 1 aromatic carbocycles. The number of benzene rings is 1. The summed E-state index contributed by atoms with van der Waals surface area (Å²) in [4.78, 5) is 9.59. The molecule has 2 aromatic heterocycles. The highest BCUT2D eigenvalue weighted by atomic mass is 15.1. The molecule has 4 nitrogen and oxygen atoms in total. The minimum Gasteiger partial charge on any atom is -0.330 e. The molecule has 4 heteroatoms. The summed E-state index contributed by atoms with van der Waals surface area (Å²) in [6.45, 7) is 9.47. The Balaban J connectivity index is 2.42. The van der Waals surface area contributed by atoms with E-state index in [9.17, 15) is 0 Å². The molecule has 0 radical (unpaired) electrons. The van der Waals surface area contributed by atoms with Crippen LogP contribution in [0.3, 0.4) is 0 Å². The Kier molecular flexibility index (Phi) is 3.65. The van der Waals surface area contributed by atoms with E-state index in [1.165, 1.54) is 5.52 Å². The van der Waals surface area contributed by atoms with Gasteiger partial charge in [-0.15, -0.1) is 0 Å². The summed E-state index contributed by atoms with van der Waals surface area (Å²) in [7, 11) is 0. The molecule has 2 heterocycles. The van der Waals surface area contributed by atoms with Crippen molar-refractivity contribution in [1.82, 2.24) is 14.5 Å². The van der Waals surface area contributed by atoms with Gasteiger partial charge in [0, 0.05) is 23.4 Å². The summed E-state index contributed by atoms with van der Waals surface area (Å²) in [5, 5.41) is 1.16. The van der Waals surface area contributed by atoms with Crippen LogP contribution in [-0.4, -0.2) is 20.6 Å². The average Bonchev–Trinajstić information content (AvgIpc) is 2.91. The smallest absolute Gasteiger partial charge is 0.111 e. The van der Waals surface area contributed by atoms with Gasteiger partial charge in [-0.3, -0.25) is 0 Å². The zero-order chi connectivity index (χ0) is 15.9. The molecule has 0 bridgehead atoms. The lowest BCUT2D eigenvalue weighted by Crippen LogP contribution is -2.39. The molecule has 0 aliphatic rings. The minimum atomic E-state index is -0.228. The number of imidazole rings is 1. The second kappa shape index (κ2) is 5.36. The molecule has 0 amide bonds. The van der Waals surface area contributed by atoms with Crippen molar-refractivity contribution >= 4 is 21.9 Å². The van der Waals surface area contributed by atoms with Gasteiger partial charge >= 0.3 is 0 Å². The van der Waals surface area contributed by atoms with Crippen LogP contribution < -0.4 is 5.73 Å². The Bertz CT molecular complexity index is 814. The van der Waals surface area contributed by atoms with Crippen LogP contribution in [0.2, 0.25) is 0 Å². The monoisotopic (exact) mass is 296 g/mol. The van der Waals surface area contributed by atoms with Crippen LogP contribution in [0.25, 0.3) is 21.9 Å². The first-order valence-corrected chi connectivity index (χ1v) is 7.96. The largest absolute Gasteiger partial charge is 0.330 e. The van der Waals surface area contributed by atoms with Crippen molar-refractivity contribution in [1.29, 1.82) is 0 Å². The summed E-state index contributed by atoms with van der Waals surface area (Å²) in [5.41, 5.74) is 10.2. The number of aromatic nitrogens is 3. The van der Waals surface area contributed by atoms with Gasteiger partial charge in [-0.2, -0.15) is 0 Å². The van der Waals surface area contributed by atoms with E-state index in [1.54, 1.807) is 0 Å². The highest BCUT2D eigenvalue weighted by Crippen LogP contribution is 2.34. The van der Waals surface area contributed by atoms with Gasteiger partial charge in [-0.1, -0.05) is 39.0 Å². The molecule has 2 N–H and O–H groups in total. The normalized spacial score (nSPS) is 13.9. The maximum absolute atomic E-state index is 6.23. The van der Waals surface area contributed by atoms with E-state index < -0.39 is 0 Å². The molecule has 3 rings (SSSR count). The highest BCUT2D eigenvalue weighted by Gasteiger charge is 2.31. The Morgan fingerprint density at radius 1 is 1.27 bits per heavy atom. The fourth-order valence-corrected chi connectivity index (χ4v) is 2.86. The first-order valence-electron chi connectivity index (χ1n) is 7.96. The van der Waals surface area contributed by atoms with Gasteiger partial charge in [0.1, 0.15) is 5.52 Å². The number of pyridine rings is 1. The molecule has 0 fully saturated rings. The predicted molar refractivity (Wildman–Crippen MR) is 92.0 cm³/mol. The van der Waals surface area contributed by atoms with E-state index in [-0.39, 0.29) is 11.5 Å². The highest BCUT2D eigenvalue weighted by molar-refractivity contribution is 6.03. The lowest BCUT2D eigenvalue weighted by Gasteiger charge is -2.29. The molecule has 0 saturated carbocycles. The van der Waals surface area contributed by atoms with Gasteiger partial charge in [-0.25, -0.2) is 9.97 Å². The summed E-state index contributed by atoms with van der Waals surface area (Å²) in [5.74, 6) is 0. The average molecular weight is 296 g/mol. The fraction of sp³-hybridized carbons (Fsp3) is 0.444. The van der Waals surface area contributed by atoms with Crippen molar-refractivity contribution in [3.05, 3.63) is 36.3 Å². The number of para-hydroxylation sites is 1. The molecule has 22 heavy (non-hydrogen) atoms. The zero-order valence-corrected chi connectivity index (χ0v) is 13.8. The molecule has 0 aliphatic heterocycles. The minimum absolute atomic E-state index is 0.000636. The van der Waals surface area contributed by atoms with E-state index in [0.29, 0.717) is 0 Å². The number of nitrogens with zero attached hydrogens (tertiary/aromatic N) is 3. The van der Waals surface area contributed by atoms with Gasteiger partial charge in [0.25, 0.3) is 0 Å². The van der Waals surface area contributed by atoms with Crippen molar-refractivity contribution in [2.24, 2.45) is 5.73 Å². The van der Waals surface area contributed by atoms with Crippen molar-refractivity contribution in [3.63, 3.8) is 0 Å². The molecular weight excluding hydrogens is 272 g/mol. The molecule has 116 valence electrons. The molecule has 1 unspecified atom stereocenters. The molecule has 1 atom stereocenters. The third-order valence-electron chi connectivity index (χ3n) is 4.67. The van der Waals surface area contributed by atoms with E-state index in [2.05, 4.69) is 48.5 Å². The number of fused-ring (bicyclic) bond motifs is 3. The first-order chi connectivity index (χ1) is 10.5. The molecular formula is C18H24N4. The summed E-state index contributed by atoms with van der Waals surface area (Å²) in [6.07, 6.45) is 3.01. The van der Waals surface area contributed by atoms with Crippen LogP contribution in [0.15, 0.2) is 30.6 Å². The second-order valence-electron chi connectivity index (χ2n) is 6.62. The van der Waals surface area contributed by atoms with Crippen LogP contribution in [0.4, 0.5) is 0 Å². The molecule has 0 saturated heterocycles. The van der Waals surface area contributed by atoms with Gasteiger partial charge < -0.3 is 10.3 Å². The standard InChI is InChI=1S/C18H24N4/c1-5-10-22-11-20-15-16(22)13-8-6-7-9-14(13)21-17(15)18(3,4)12(2)19/h6-9,11-12H,5,10,19H2,1-4H3. The van der Waals surface area contributed by atoms with Gasteiger partial charge in [-0.05, 0) is 19.4 Å². The number of rotatable bonds is 4. The van der Waals surface area contributed by atoms with E-state index in [0.717, 1.165) is 35.1 Å². The predicted octanol–water partition coefficient (Wildman–Crippen LogP) is 3.62. The summed E-state index contributed by atoms with van der Waals surface area (Å²) in [6, 6.07) is 8.29.